The Hall–Kier alpha value is -3.33. The van der Waals surface area contributed by atoms with Crippen LogP contribution >= 0.6 is 7.82 Å². The van der Waals surface area contributed by atoms with Crippen molar-refractivity contribution in [3.05, 3.63) is 109 Å². The molecule has 0 aromatic carbocycles. The number of allylic oxidation sites excluding steroid dienone is 18. The number of ether oxygens (including phenoxy) is 2. The van der Waals surface area contributed by atoms with Crippen LogP contribution in [0.4, 0.5) is 0 Å². The summed E-state index contributed by atoms with van der Waals surface area (Å²) in [4.78, 5) is 35.9. The first-order chi connectivity index (χ1) is 42.0. The van der Waals surface area contributed by atoms with E-state index in [0.29, 0.717) is 17.4 Å². The van der Waals surface area contributed by atoms with Crippen LogP contribution in [0.1, 0.15) is 309 Å². The van der Waals surface area contributed by atoms with Crippen LogP contribution in [0.3, 0.4) is 0 Å². The summed E-state index contributed by atoms with van der Waals surface area (Å²) in [5.41, 5.74) is 0. The molecule has 0 aromatic heterocycles. The van der Waals surface area contributed by atoms with Gasteiger partial charge in [-0.3, -0.25) is 18.6 Å². The summed E-state index contributed by atoms with van der Waals surface area (Å²) in [6, 6.07) is 0. The van der Waals surface area contributed by atoms with Crippen molar-refractivity contribution in [1.29, 1.82) is 0 Å². The zero-order valence-corrected chi connectivity index (χ0v) is 57.4. The van der Waals surface area contributed by atoms with Gasteiger partial charge in [0.25, 0.3) is 0 Å². The first kappa shape index (κ1) is 82.7. The Morgan fingerprint density at radius 3 is 0.988 bits per heavy atom. The average Bonchev–Trinajstić information content (AvgIpc) is 3.70. The minimum absolute atomic E-state index is 0.0236. The molecular weight excluding hydrogens is 1090 g/mol. The maximum absolute atomic E-state index is 12.9. The van der Waals surface area contributed by atoms with Crippen LogP contribution in [0.15, 0.2) is 109 Å². The molecule has 1 N–H and O–H groups in total. The molecule has 0 saturated heterocycles. The van der Waals surface area contributed by atoms with Gasteiger partial charge in [-0.15, -0.1) is 0 Å². The van der Waals surface area contributed by atoms with Crippen LogP contribution in [0.2, 0.25) is 0 Å². The van der Waals surface area contributed by atoms with Crippen LogP contribution in [-0.2, 0) is 32.7 Å². The standard InChI is InChI=1S/C76H134NO8P/c1-6-8-10-12-14-16-18-20-22-24-26-28-30-32-34-36-37-38-39-41-43-45-47-49-51-53-55-57-59-61-63-65-67-69-76(79)85-74(73-84-86(80,81)83-71-70-77(3,4)5)72-82-75(78)68-66-64-62-60-58-56-54-52-50-48-46-44-42-40-35-33-31-29-27-25-23-21-19-17-15-13-11-9-7-2/h8,10,14,16,20,22,26,28,32,34,37-38,41,43,47,49,53,55,74H,6-7,9,11-13,15,17-19,21,23-25,27,29-31,33,35-36,39-40,42,44-46,48,50-52,54,56-73H2,1-5H3/p+1/b10-8-,16-14-,22-20-,28-26-,34-32-,38-37-,43-41-,49-47-,55-53-. The van der Waals surface area contributed by atoms with Gasteiger partial charge in [0.05, 0.1) is 27.7 Å². The SMILES string of the molecule is CC/C=C\C/C=C\C/C=C\C/C=C\C/C=C\C/C=C\C/C=C\C/C=C\C/C=C\CCCCCCCC(=O)OC(COC(=O)CCCCCCCCCCCCCCCCCCCCCCCCCCCCCCC)COP(=O)(O)OCC[N+](C)(C)C. The molecule has 2 atom stereocenters. The van der Waals surface area contributed by atoms with Gasteiger partial charge in [-0.25, -0.2) is 4.57 Å². The topological polar surface area (TPSA) is 108 Å². The average molecular weight is 1220 g/mol. The number of quaternary nitrogens is 1. The predicted molar refractivity (Wildman–Crippen MR) is 371 cm³/mol. The molecule has 0 aliphatic heterocycles. The third kappa shape index (κ3) is 69.8. The lowest BCUT2D eigenvalue weighted by Gasteiger charge is -2.24. The number of hydrogen-bond donors (Lipinski definition) is 1. The number of unbranched alkanes of at least 4 members (excludes halogenated alkanes) is 33. The Morgan fingerprint density at radius 1 is 0.372 bits per heavy atom. The first-order valence-electron chi connectivity index (χ1n) is 35.6. The number of nitrogens with zero attached hydrogens (tertiary/aromatic N) is 1. The molecule has 0 heterocycles. The zero-order valence-electron chi connectivity index (χ0n) is 56.5. The van der Waals surface area contributed by atoms with Crippen LogP contribution in [0.25, 0.3) is 0 Å². The highest BCUT2D eigenvalue weighted by Crippen LogP contribution is 2.43. The third-order valence-electron chi connectivity index (χ3n) is 15.3. The van der Waals surface area contributed by atoms with E-state index >= 15 is 0 Å². The molecule has 2 unspecified atom stereocenters. The van der Waals surface area contributed by atoms with Crippen LogP contribution in [0.5, 0.6) is 0 Å². The van der Waals surface area contributed by atoms with Gasteiger partial charge in [-0.05, 0) is 83.5 Å². The Kier molecular flexibility index (Phi) is 63.5. The van der Waals surface area contributed by atoms with E-state index in [1.54, 1.807) is 0 Å². The van der Waals surface area contributed by atoms with Gasteiger partial charge in [-0.2, -0.15) is 0 Å². The molecule has 0 aliphatic carbocycles. The number of hydrogen-bond acceptors (Lipinski definition) is 7. The molecule has 10 heteroatoms. The maximum Gasteiger partial charge on any atom is 0.472 e. The summed E-state index contributed by atoms with van der Waals surface area (Å²) in [5.74, 6) is -0.814. The Bertz CT molecular complexity index is 1820. The molecule has 0 bridgehead atoms. The van der Waals surface area contributed by atoms with Gasteiger partial charge >= 0.3 is 19.8 Å². The summed E-state index contributed by atoms with van der Waals surface area (Å²) < 4.78 is 34.7. The fourth-order valence-corrected chi connectivity index (χ4v) is 10.6. The number of carbonyl (C=O) groups excluding carboxylic acids is 2. The largest absolute Gasteiger partial charge is 0.472 e. The second-order valence-corrected chi connectivity index (χ2v) is 26.4. The van der Waals surface area contributed by atoms with E-state index < -0.39 is 26.5 Å². The lowest BCUT2D eigenvalue weighted by atomic mass is 10.0. The van der Waals surface area contributed by atoms with E-state index in [-0.39, 0.29) is 32.0 Å². The Morgan fingerprint density at radius 2 is 0.663 bits per heavy atom. The normalized spacial score (nSPS) is 13.8. The van der Waals surface area contributed by atoms with Crippen molar-refractivity contribution in [2.24, 2.45) is 0 Å². The van der Waals surface area contributed by atoms with E-state index in [0.717, 1.165) is 109 Å². The highest BCUT2D eigenvalue weighted by atomic mass is 31.2. The number of phosphoric acid groups is 1. The molecule has 0 aromatic rings. The van der Waals surface area contributed by atoms with Crippen molar-refractivity contribution in [3.63, 3.8) is 0 Å². The quantitative estimate of drug-likeness (QED) is 0.0211. The Balaban J connectivity index is 4.11. The van der Waals surface area contributed by atoms with Crippen molar-refractivity contribution < 1.29 is 42.1 Å². The molecule has 0 amide bonds. The lowest BCUT2D eigenvalue weighted by Crippen LogP contribution is -2.37. The number of carbonyl (C=O) groups is 2. The maximum atomic E-state index is 12.9. The molecular formula is C76H135NO8P+. The van der Waals surface area contributed by atoms with Gasteiger partial charge in [0.15, 0.2) is 6.10 Å². The summed E-state index contributed by atoms with van der Waals surface area (Å²) in [6.45, 7) is 4.33. The van der Waals surface area contributed by atoms with E-state index in [4.69, 9.17) is 18.5 Å². The van der Waals surface area contributed by atoms with E-state index in [1.165, 1.54) is 167 Å². The summed E-state index contributed by atoms with van der Waals surface area (Å²) in [5, 5.41) is 0. The van der Waals surface area contributed by atoms with Gasteiger partial charge < -0.3 is 18.9 Å². The molecule has 9 nitrogen and oxygen atoms in total. The lowest BCUT2D eigenvalue weighted by molar-refractivity contribution is -0.870. The minimum Gasteiger partial charge on any atom is -0.462 e. The monoisotopic (exact) mass is 1220 g/mol. The van der Waals surface area contributed by atoms with E-state index in [9.17, 15) is 19.0 Å². The third-order valence-corrected chi connectivity index (χ3v) is 16.3. The number of rotatable bonds is 65. The van der Waals surface area contributed by atoms with Crippen LogP contribution < -0.4 is 0 Å². The van der Waals surface area contributed by atoms with Gasteiger partial charge in [-0.1, -0.05) is 322 Å². The zero-order chi connectivity index (χ0) is 62.6. The highest BCUT2D eigenvalue weighted by Gasteiger charge is 2.27. The predicted octanol–water partition coefficient (Wildman–Crippen LogP) is 23.3. The van der Waals surface area contributed by atoms with E-state index in [2.05, 4.69) is 123 Å². The molecule has 0 rings (SSSR count). The first-order valence-corrected chi connectivity index (χ1v) is 37.1. The van der Waals surface area contributed by atoms with Crippen molar-refractivity contribution in [1.82, 2.24) is 0 Å². The molecule has 0 radical (unpaired) electrons. The molecule has 0 saturated carbocycles. The fourth-order valence-electron chi connectivity index (χ4n) is 9.89. The molecule has 0 spiro atoms. The summed E-state index contributed by atoms with van der Waals surface area (Å²) in [6.07, 6.45) is 93.4. The minimum atomic E-state index is -4.40. The smallest absolute Gasteiger partial charge is 0.462 e. The van der Waals surface area contributed by atoms with Crippen molar-refractivity contribution in [2.45, 2.75) is 315 Å². The fraction of sp³-hybridized carbons (Fsp3) is 0.737. The molecule has 0 aliphatic rings. The number of likely N-dealkylation sites (N-methyl/N-ethyl adjacent to an activating group) is 1. The highest BCUT2D eigenvalue weighted by molar-refractivity contribution is 7.47. The Labute approximate surface area is 531 Å². The number of phosphoric ester groups is 1. The van der Waals surface area contributed by atoms with E-state index in [1.807, 2.05) is 21.1 Å². The second kappa shape index (κ2) is 66.1. The van der Waals surface area contributed by atoms with Crippen molar-refractivity contribution in [3.8, 4) is 0 Å². The van der Waals surface area contributed by atoms with Crippen molar-refractivity contribution >= 4 is 19.8 Å². The molecule has 86 heavy (non-hydrogen) atoms. The van der Waals surface area contributed by atoms with Gasteiger partial charge in [0.2, 0.25) is 0 Å². The number of esters is 2. The second-order valence-electron chi connectivity index (χ2n) is 24.9. The summed E-state index contributed by atoms with van der Waals surface area (Å²) in [7, 11) is 1.46. The van der Waals surface area contributed by atoms with Gasteiger partial charge in [0, 0.05) is 12.8 Å². The summed E-state index contributed by atoms with van der Waals surface area (Å²) >= 11 is 0. The van der Waals surface area contributed by atoms with Crippen molar-refractivity contribution in [2.75, 3.05) is 47.5 Å². The molecule has 496 valence electrons. The van der Waals surface area contributed by atoms with Crippen LogP contribution in [0, 0.1) is 0 Å². The van der Waals surface area contributed by atoms with Gasteiger partial charge in [0.1, 0.15) is 19.8 Å². The van der Waals surface area contributed by atoms with Crippen LogP contribution in [-0.4, -0.2) is 74.9 Å². The molecule has 0 fully saturated rings.